The molecule has 0 amide bonds. The van der Waals surface area contributed by atoms with Gasteiger partial charge in [-0.05, 0) is 43.7 Å². The van der Waals surface area contributed by atoms with Crippen LogP contribution in [0.15, 0.2) is 41.0 Å². The largest absolute Gasteiger partial charge is 0.264 e. The Labute approximate surface area is 137 Å². The molecule has 0 spiro atoms. The predicted molar refractivity (Wildman–Crippen MR) is 93.0 cm³/mol. The van der Waals surface area contributed by atoms with Gasteiger partial charge in [-0.1, -0.05) is 49.6 Å². The molecule has 2 unspecified atom stereocenters. The highest BCUT2D eigenvalue weighted by atomic mass is 16.6. The maximum absolute atomic E-state index is 11.8. The van der Waals surface area contributed by atoms with Crippen LogP contribution in [0.2, 0.25) is 0 Å². The van der Waals surface area contributed by atoms with Gasteiger partial charge in [0.15, 0.2) is 0 Å². The lowest BCUT2D eigenvalue weighted by atomic mass is 9.69. The van der Waals surface area contributed by atoms with Crippen LogP contribution in [-0.2, 0) is 0 Å². The zero-order chi connectivity index (χ0) is 16.4. The topological polar surface area (TPSA) is 55.5 Å². The number of nitro groups is 1. The molecule has 1 saturated carbocycles. The summed E-state index contributed by atoms with van der Waals surface area (Å²) < 4.78 is 0. The highest BCUT2D eigenvalue weighted by Crippen LogP contribution is 2.44. The molecule has 0 aromatic heterocycles. The van der Waals surface area contributed by atoms with Crippen molar-refractivity contribution in [2.24, 2.45) is 16.8 Å². The van der Waals surface area contributed by atoms with E-state index in [4.69, 9.17) is 0 Å². The van der Waals surface area contributed by atoms with Crippen LogP contribution in [0, 0.1) is 22.0 Å². The van der Waals surface area contributed by atoms with Crippen molar-refractivity contribution in [2.75, 3.05) is 0 Å². The third-order valence-corrected chi connectivity index (χ3v) is 5.30. The molecule has 1 heterocycles. The minimum atomic E-state index is -0.683. The van der Waals surface area contributed by atoms with Gasteiger partial charge in [-0.15, -0.1) is 0 Å². The van der Waals surface area contributed by atoms with Crippen molar-refractivity contribution in [3.05, 3.63) is 51.7 Å². The van der Waals surface area contributed by atoms with Crippen LogP contribution in [-0.4, -0.2) is 16.7 Å². The van der Waals surface area contributed by atoms with Crippen molar-refractivity contribution < 1.29 is 4.92 Å². The first-order valence-electron chi connectivity index (χ1n) is 8.54. The third-order valence-electron chi connectivity index (χ3n) is 5.30. The van der Waals surface area contributed by atoms with Gasteiger partial charge in [-0.25, -0.2) is 0 Å². The van der Waals surface area contributed by atoms with E-state index in [1.54, 1.807) is 0 Å². The van der Waals surface area contributed by atoms with Gasteiger partial charge in [0.2, 0.25) is 0 Å². The van der Waals surface area contributed by atoms with Crippen molar-refractivity contribution in [1.82, 2.24) is 0 Å². The smallest absolute Gasteiger partial charge is 0.257 e. The van der Waals surface area contributed by atoms with Crippen molar-refractivity contribution in [3.63, 3.8) is 0 Å². The van der Waals surface area contributed by atoms with Crippen molar-refractivity contribution >= 4 is 11.3 Å². The van der Waals surface area contributed by atoms with Crippen molar-refractivity contribution in [3.8, 4) is 0 Å². The van der Waals surface area contributed by atoms with Gasteiger partial charge < -0.3 is 0 Å². The molecule has 0 N–H and O–H groups in total. The summed E-state index contributed by atoms with van der Waals surface area (Å²) in [5.41, 5.74) is 3.78. The van der Waals surface area contributed by atoms with Crippen LogP contribution in [0.25, 0.3) is 5.57 Å². The fourth-order valence-corrected chi connectivity index (χ4v) is 4.34. The number of aliphatic imine (C=N–C) groups is 1. The monoisotopic (exact) mass is 312 g/mol. The molecule has 23 heavy (non-hydrogen) atoms. The summed E-state index contributed by atoms with van der Waals surface area (Å²) in [7, 11) is 0. The Morgan fingerprint density at radius 1 is 1.09 bits per heavy atom. The second kappa shape index (κ2) is 6.65. The molecule has 1 fully saturated rings. The lowest BCUT2D eigenvalue weighted by Gasteiger charge is -2.36. The van der Waals surface area contributed by atoms with Crippen LogP contribution in [0.4, 0.5) is 0 Å². The zero-order valence-electron chi connectivity index (χ0n) is 13.9. The Kier molecular flexibility index (Phi) is 4.60. The molecule has 3 rings (SSSR count). The van der Waals surface area contributed by atoms with E-state index in [-0.39, 0.29) is 10.8 Å². The summed E-state index contributed by atoms with van der Waals surface area (Å²) in [6.07, 6.45) is 5.80. The Morgan fingerprint density at radius 3 is 2.35 bits per heavy atom. The summed E-state index contributed by atoms with van der Waals surface area (Å²) in [4.78, 5) is 16.2. The van der Waals surface area contributed by atoms with Crippen molar-refractivity contribution in [1.29, 1.82) is 0 Å². The van der Waals surface area contributed by atoms with E-state index in [0.717, 1.165) is 29.7 Å². The SMILES string of the molecule is CC1=NC(C)=C(c2ccccc2)C(C2CCCCC2)C1[N+](=O)[O-]. The highest BCUT2D eigenvalue weighted by Gasteiger charge is 2.45. The minimum Gasteiger partial charge on any atom is -0.264 e. The Hall–Kier alpha value is -1.97. The molecule has 0 radical (unpaired) electrons. The molecule has 0 bridgehead atoms. The Bertz CT molecular complexity index is 643. The summed E-state index contributed by atoms with van der Waals surface area (Å²) in [6.45, 7) is 3.81. The van der Waals surface area contributed by atoms with E-state index in [2.05, 4.69) is 17.1 Å². The molecule has 2 aliphatic rings. The lowest BCUT2D eigenvalue weighted by molar-refractivity contribution is -0.511. The average Bonchev–Trinajstić information content (AvgIpc) is 2.55. The Morgan fingerprint density at radius 2 is 1.74 bits per heavy atom. The molecule has 4 heteroatoms. The standard InChI is InChI=1S/C19H24N2O2/c1-13-17(15-9-5-3-6-10-15)18(16-11-7-4-8-12-16)19(21(22)23)14(2)20-13/h3,5-6,9-10,16,18-19H,4,7-8,11-12H2,1-2H3. The molecular formula is C19H24N2O2. The highest BCUT2D eigenvalue weighted by molar-refractivity contribution is 5.93. The van der Waals surface area contributed by atoms with Crippen LogP contribution in [0.1, 0.15) is 51.5 Å². The first kappa shape index (κ1) is 15.9. The zero-order valence-corrected chi connectivity index (χ0v) is 13.9. The maximum atomic E-state index is 11.8. The average molecular weight is 312 g/mol. The van der Waals surface area contributed by atoms with Crippen molar-refractivity contribution in [2.45, 2.75) is 52.0 Å². The molecule has 4 nitrogen and oxygen atoms in total. The second-order valence-electron chi connectivity index (χ2n) is 6.77. The van der Waals surface area contributed by atoms with Crippen LogP contribution >= 0.6 is 0 Å². The summed E-state index contributed by atoms with van der Waals surface area (Å²) >= 11 is 0. The van der Waals surface area contributed by atoms with E-state index in [1.165, 1.54) is 19.3 Å². The van der Waals surface area contributed by atoms with Gasteiger partial charge in [0, 0.05) is 10.6 Å². The fourth-order valence-electron chi connectivity index (χ4n) is 4.34. The second-order valence-corrected chi connectivity index (χ2v) is 6.77. The van der Waals surface area contributed by atoms with Gasteiger partial charge in [0.1, 0.15) is 0 Å². The molecule has 1 aliphatic heterocycles. The molecule has 1 aromatic rings. The number of rotatable bonds is 3. The quantitative estimate of drug-likeness (QED) is 0.598. The molecular weight excluding hydrogens is 288 g/mol. The van der Waals surface area contributed by atoms with Gasteiger partial charge in [0.25, 0.3) is 6.04 Å². The summed E-state index contributed by atoms with van der Waals surface area (Å²) in [6, 6.07) is 9.41. The summed E-state index contributed by atoms with van der Waals surface area (Å²) in [5.74, 6) is 0.333. The molecule has 2 atom stereocenters. The number of hydrogen-bond acceptors (Lipinski definition) is 3. The van der Waals surface area contributed by atoms with Gasteiger partial charge in [-0.2, -0.15) is 0 Å². The normalized spacial score (nSPS) is 26.1. The molecule has 0 saturated heterocycles. The van der Waals surface area contributed by atoms with E-state index >= 15 is 0 Å². The van der Waals surface area contributed by atoms with Crippen LogP contribution < -0.4 is 0 Å². The molecule has 1 aromatic carbocycles. The first-order chi connectivity index (χ1) is 11.1. The summed E-state index contributed by atoms with van der Waals surface area (Å²) in [5, 5.41) is 11.8. The van der Waals surface area contributed by atoms with Gasteiger partial charge >= 0.3 is 0 Å². The van der Waals surface area contributed by atoms with Crippen LogP contribution in [0.5, 0.6) is 0 Å². The predicted octanol–water partition coefficient (Wildman–Crippen LogP) is 4.73. The van der Waals surface area contributed by atoms with Crippen LogP contribution in [0.3, 0.4) is 0 Å². The van der Waals surface area contributed by atoms with E-state index in [0.29, 0.717) is 11.6 Å². The number of nitrogens with zero attached hydrogens (tertiary/aromatic N) is 2. The maximum Gasteiger partial charge on any atom is 0.257 e. The lowest BCUT2D eigenvalue weighted by Crippen LogP contribution is -2.43. The number of benzene rings is 1. The number of allylic oxidation sites excluding steroid dienone is 1. The Balaban J connectivity index is 2.10. The van der Waals surface area contributed by atoms with E-state index in [1.807, 2.05) is 32.0 Å². The fraction of sp³-hybridized carbons (Fsp3) is 0.526. The number of hydrogen-bond donors (Lipinski definition) is 0. The molecule has 122 valence electrons. The van der Waals surface area contributed by atoms with Gasteiger partial charge in [-0.3, -0.25) is 15.1 Å². The minimum absolute atomic E-state index is 0.0507. The first-order valence-corrected chi connectivity index (χ1v) is 8.54. The molecule has 1 aliphatic carbocycles. The van der Waals surface area contributed by atoms with E-state index < -0.39 is 6.04 Å². The van der Waals surface area contributed by atoms with E-state index in [9.17, 15) is 10.1 Å². The third kappa shape index (κ3) is 3.07. The van der Waals surface area contributed by atoms with Gasteiger partial charge in [0.05, 0.1) is 11.6 Å².